The van der Waals surface area contributed by atoms with Gasteiger partial charge in [0.2, 0.25) is 0 Å². The van der Waals surface area contributed by atoms with Gasteiger partial charge in [0.1, 0.15) is 5.75 Å². The van der Waals surface area contributed by atoms with Gasteiger partial charge >= 0.3 is 5.97 Å². The number of cyclic esters (lactones) is 1. The van der Waals surface area contributed by atoms with Crippen LogP contribution in [0.5, 0.6) is 5.75 Å². The quantitative estimate of drug-likeness (QED) is 0.623. The molecule has 0 saturated carbocycles. The average Bonchev–Trinajstić information content (AvgIpc) is 2.73. The van der Waals surface area contributed by atoms with E-state index in [4.69, 9.17) is 9.47 Å². The van der Waals surface area contributed by atoms with Crippen molar-refractivity contribution < 1.29 is 14.3 Å². The fourth-order valence-electron chi connectivity index (χ4n) is 1.44. The minimum absolute atomic E-state index is 0.235. The molecule has 1 aliphatic rings. The summed E-state index contributed by atoms with van der Waals surface area (Å²) in [5.41, 5.74) is 1.59. The Morgan fingerprint density at radius 2 is 2.12 bits per heavy atom. The summed E-state index contributed by atoms with van der Waals surface area (Å²) in [4.78, 5) is 11.1. The standard InChI is InChI=1S/C12H13NO3/c1-15-11-4-2-10(3-5-11)13-8-9-6-7-16-12(9)14/h2-5,8,13H,6-7H2,1H3/b9-8+. The van der Waals surface area contributed by atoms with E-state index in [0.717, 1.165) is 11.4 Å². The summed E-state index contributed by atoms with van der Waals surface area (Å²) in [7, 11) is 1.62. The number of carbonyl (C=O) groups excluding carboxylic acids is 1. The molecule has 0 spiro atoms. The van der Waals surface area contributed by atoms with Crippen molar-refractivity contribution in [2.75, 3.05) is 19.0 Å². The minimum Gasteiger partial charge on any atom is -0.497 e. The molecule has 1 heterocycles. The van der Waals surface area contributed by atoms with Crippen molar-refractivity contribution in [3.63, 3.8) is 0 Å². The minimum atomic E-state index is -0.235. The first kappa shape index (κ1) is 10.5. The van der Waals surface area contributed by atoms with Crippen LogP contribution in [0.2, 0.25) is 0 Å². The van der Waals surface area contributed by atoms with Gasteiger partial charge in [-0.25, -0.2) is 4.79 Å². The number of ether oxygens (including phenoxy) is 2. The predicted molar refractivity (Wildman–Crippen MR) is 60.3 cm³/mol. The van der Waals surface area contributed by atoms with Gasteiger partial charge in [-0.1, -0.05) is 0 Å². The number of nitrogens with one attached hydrogen (secondary N) is 1. The van der Waals surface area contributed by atoms with Crippen molar-refractivity contribution in [2.24, 2.45) is 0 Å². The highest BCUT2D eigenvalue weighted by atomic mass is 16.5. The number of benzene rings is 1. The monoisotopic (exact) mass is 219 g/mol. The van der Waals surface area contributed by atoms with E-state index in [2.05, 4.69) is 5.32 Å². The van der Waals surface area contributed by atoms with Crippen LogP contribution in [0.25, 0.3) is 0 Å². The lowest BCUT2D eigenvalue weighted by Crippen LogP contribution is -1.98. The molecule has 0 aliphatic carbocycles. The number of methoxy groups -OCH3 is 1. The zero-order valence-corrected chi connectivity index (χ0v) is 9.03. The molecule has 0 radical (unpaired) electrons. The van der Waals surface area contributed by atoms with Crippen LogP contribution < -0.4 is 10.1 Å². The van der Waals surface area contributed by atoms with Crippen LogP contribution >= 0.6 is 0 Å². The highest BCUT2D eigenvalue weighted by Gasteiger charge is 2.17. The van der Waals surface area contributed by atoms with Crippen molar-refractivity contribution in [3.8, 4) is 5.75 Å². The van der Waals surface area contributed by atoms with Crippen molar-refractivity contribution in [1.82, 2.24) is 0 Å². The zero-order valence-electron chi connectivity index (χ0n) is 9.03. The van der Waals surface area contributed by atoms with Gasteiger partial charge in [-0.15, -0.1) is 0 Å². The van der Waals surface area contributed by atoms with Gasteiger partial charge in [-0.3, -0.25) is 0 Å². The van der Waals surface area contributed by atoms with Crippen molar-refractivity contribution in [3.05, 3.63) is 36.0 Å². The molecule has 84 valence electrons. The fraction of sp³-hybridized carbons (Fsp3) is 0.250. The molecule has 0 bridgehead atoms. The van der Waals surface area contributed by atoms with Gasteiger partial charge in [0.25, 0.3) is 0 Å². The van der Waals surface area contributed by atoms with E-state index < -0.39 is 0 Å². The number of hydrogen-bond acceptors (Lipinski definition) is 4. The molecule has 1 fully saturated rings. The Bertz CT molecular complexity index is 409. The topological polar surface area (TPSA) is 47.6 Å². The highest BCUT2D eigenvalue weighted by Crippen LogP contribution is 2.17. The maximum atomic E-state index is 11.1. The Morgan fingerprint density at radius 3 is 2.69 bits per heavy atom. The normalized spacial score (nSPS) is 17.3. The second-order valence-corrected chi connectivity index (χ2v) is 3.43. The lowest BCUT2D eigenvalue weighted by molar-refractivity contribution is -0.135. The molecule has 0 atom stereocenters. The summed E-state index contributed by atoms with van der Waals surface area (Å²) in [5, 5.41) is 3.05. The van der Waals surface area contributed by atoms with Crippen LogP contribution in [0.1, 0.15) is 6.42 Å². The summed E-state index contributed by atoms with van der Waals surface area (Å²) in [6.07, 6.45) is 2.36. The van der Waals surface area contributed by atoms with E-state index in [-0.39, 0.29) is 5.97 Å². The molecule has 1 aromatic carbocycles. The van der Waals surface area contributed by atoms with Gasteiger partial charge in [0, 0.05) is 18.3 Å². The molecule has 2 rings (SSSR count). The third-order valence-corrected chi connectivity index (χ3v) is 2.37. The molecule has 4 heteroatoms. The lowest BCUT2D eigenvalue weighted by atomic mass is 10.2. The molecule has 16 heavy (non-hydrogen) atoms. The number of hydrogen-bond donors (Lipinski definition) is 1. The first-order valence-corrected chi connectivity index (χ1v) is 5.06. The molecule has 1 saturated heterocycles. The van der Waals surface area contributed by atoms with E-state index in [0.29, 0.717) is 18.6 Å². The van der Waals surface area contributed by atoms with Gasteiger partial charge in [-0.2, -0.15) is 0 Å². The fourth-order valence-corrected chi connectivity index (χ4v) is 1.44. The number of rotatable bonds is 3. The van der Waals surface area contributed by atoms with Gasteiger partial charge < -0.3 is 14.8 Å². The molecule has 0 amide bonds. The van der Waals surface area contributed by atoms with Crippen LogP contribution in [0.15, 0.2) is 36.0 Å². The average molecular weight is 219 g/mol. The Morgan fingerprint density at radius 1 is 1.38 bits per heavy atom. The maximum Gasteiger partial charge on any atom is 0.335 e. The Balaban J connectivity index is 2.01. The first-order chi connectivity index (χ1) is 7.79. The third kappa shape index (κ3) is 2.34. The SMILES string of the molecule is COc1ccc(N/C=C2\CCOC2=O)cc1. The van der Waals surface area contributed by atoms with Crippen molar-refractivity contribution in [2.45, 2.75) is 6.42 Å². The Labute approximate surface area is 93.9 Å². The highest BCUT2D eigenvalue weighted by molar-refractivity contribution is 5.90. The van der Waals surface area contributed by atoms with E-state index in [1.54, 1.807) is 13.3 Å². The second kappa shape index (κ2) is 4.70. The molecule has 1 aromatic rings. The van der Waals surface area contributed by atoms with Gasteiger partial charge in [-0.05, 0) is 24.3 Å². The van der Waals surface area contributed by atoms with Crippen LogP contribution in [0, 0.1) is 0 Å². The van der Waals surface area contributed by atoms with E-state index in [9.17, 15) is 4.79 Å². The number of anilines is 1. The molecular formula is C12H13NO3. The first-order valence-electron chi connectivity index (χ1n) is 5.06. The second-order valence-electron chi connectivity index (χ2n) is 3.43. The molecule has 0 unspecified atom stereocenters. The predicted octanol–water partition coefficient (Wildman–Crippen LogP) is 1.94. The lowest BCUT2D eigenvalue weighted by Gasteiger charge is -2.03. The summed E-state index contributed by atoms with van der Waals surface area (Å²) in [5.74, 6) is 0.569. The largest absolute Gasteiger partial charge is 0.497 e. The molecule has 1 N–H and O–H groups in total. The molecule has 4 nitrogen and oxygen atoms in total. The van der Waals surface area contributed by atoms with Gasteiger partial charge in [0.15, 0.2) is 0 Å². The maximum absolute atomic E-state index is 11.1. The Hall–Kier alpha value is -1.97. The summed E-state index contributed by atoms with van der Waals surface area (Å²) in [6, 6.07) is 7.48. The summed E-state index contributed by atoms with van der Waals surface area (Å²) < 4.78 is 9.87. The Kier molecular flexibility index (Phi) is 3.10. The van der Waals surface area contributed by atoms with Crippen LogP contribution in [-0.4, -0.2) is 19.7 Å². The van der Waals surface area contributed by atoms with E-state index in [1.165, 1.54) is 0 Å². The molecule has 0 aromatic heterocycles. The smallest absolute Gasteiger partial charge is 0.335 e. The third-order valence-electron chi connectivity index (χ3n) is 2.37. The molecular weight excluding hydrogens is 206 g/mol. The number of carbonyl (C=O) groups is 1. The summed E-state index contributed by atoms with van der Waals surface area (Å²) >= 11 is 0. The van der Waals surface area contributed by atoms with Gasteiger partial charge in [0.05, 0.1) is 19.3 Å². The van der Waals surface area contributed by atoms with Crippen molar-refractivity contribution in [1.29, 1.82) is 0 Å². The summed E-state index contributed by atoms with van der Waals surface area (Å²) in [6.45, 7) is 0.481. The molecule has 1 aliphatic heterocycles. The van der Waals surface area contributed by atoms with Crippen LogP contribution in [0.4, 0.5) is 5.69 Å². The number of esters is 1. The van der Waals surface area contributed by atoms with E-state index in [1.807, 2.05) is 24.3 Å². The zero-order chi connectivity index (χ0) is 11.4. The van der Waals surface area contributed by atoms with E-state index >= 15 is 0 Å². The van der Waals surface area contributed by atoms with Crippen LogP contribution in [0.3, 0.4) is 0 Å². The van der Waals surface area contributed by atoms with Crippen LogP contribution in [-0.2, 0) is 9.53 Å². The van der Waals surface area contributed by atoms with Crippen molar-refractivity contribution >= 4 is 11.7 Å².